The predicted octanol–water partition coefficient (Wildman–Crippen LogP) is 3.35. The van der Waals surface area contributed by atoms with Crippen molar-refractivity contribution in [2.45, 2.75) is 50.5 Å². The summed E-state index contributed by atoms with van der Waals surface area (Å²) >= 11 is 0. The molecular weight excluding hydrogens is 332 g/mol. The number of benzene rings is 1. The van der Waals surface area contributed by atoms with Crippen molar-refractivity contribution in [3.63, 3.8) is 0 Å². The van der Waals surface area contributed by atoms with Crippen LogP contribution in [0.3, 0.4) is 0 Å². The number of fused-ring (bicyclic) bond motifs is 2. The highest BCUT2D eigenvalue weighted by Crippen LogP contribution is 2.45. The van der Waals surface area contributed by atoms with Crippen molar-refractivity contribution < 1.29 is 14.3 Å². The molecule has 2 aliphatic rings. The number of rotatable bonds is 4. The third-order valence-electron chi connectivity index (χ3n) is 5.41. The largest absolute Gasteiger partial charge is 0.492 e. The maximum Gasteiger partial charge on any atom is 0.409 e. The summed E-state index contributed by atoms with van der Waals surface area (Å²) in [6.45, 7) is 10.1. The van der Waals surface area contributed by atoms with Crippen molar-refractivity contribution in [2.24, 2.45) is 5.73 Å². The lowest BCUT2D eigenvalue weighted by Crippen LogP contribution is -2.46. The summed E-state index contributed by atoms with van der Waals surface area (Å²) in [4.78, 5) is 14.2. The van der Waals surface area contributed by atoms with E-state index in [0.717, 1.165) is 43.3 Å². The van der Waals surface area contributed by atoms with E-state index < -0.39 is 8.07 Å². The zero-order chi connectivity index (χ0) is 18.1. The molecule has 5 nitrogen and oxygen atoms in total. The van der Waals surface area contributed by atoms with Gasteiger partial charge in [0.2, 0.25) is 0 Å². The first kappa shape index (κ1) is 18.3. The van der Waals surface area contributed by atoms with Gasteiger partial charge in [-0.1, -0.05) is 31.8 Å². The van der Waals surface area contributed by atoms with E-state index in [1.165, 1.54) is 5.56 Å². The number of likely N-dealkylation sites (tertiary alicyclic amines) is 1. The van der Waals surface area contributed by atoms with E-state index in [2.05, 4.69) is 25.7 Å². The summed E-state index contributed by atoms with van der Waals surface area (Å²) in [5, 5.41) is 0. The Kier molecular flexibility index (Phi) is 5.11. The molecule has 1 amide bonds. The van der Waals surface area contributed by atoms with Crippen molar-refractivity contribution >= 4 is 14.2 Å². The van der Waals surface area contributed by atoms with Gasteiger partial charge in [-0.3, -0.25) is 0 Å². The topological polar surface area (TPSA) is 64.8 Å². The molecule has 1 aromatic carbocycles. The molecule has 0 aliphatic carbocycles. The fourth-order valence-corrected chi connectivity index (χ4v) is 4.32. The number of nitrogens with two attached hydrogens (primary N) is 1. The van der Waals surface area contributed by atoms with Gasteiger partial charge in [0.15, 0.2) is 0 Å². The van der Waals surface area contributed by atoms with Gasteiger partial charge in [0.1, 0.15) is 5.75 Å². The summed E-state index contributed by atoms with van der Waals surface area (Å²) in [6, 6.07) is 7.26. The Labute approximate surface area is 151 Å². The summed E-state index contributed by atoms with van der Waals surface area (Å²) < 4.78 is 11.4. The molecule has 1 aromatic rings. The second kappa shape index (κ2) is 7.00. The average molecular weight is 363 g/mol. The fraction of sp³-hybridized carbons (Fsp3) is 0.632. The molecule has 2 heterocycles. The summed E-state index contributed by atoms with van der Waals surface area (Å²) in [5.74, 6) is 0.975. The lowest BCUT2D eigenvalue weighted by Gasteiger charge is -2.38. The number of hydrogen-bond acceptors (Lipinski definition) is 4. The smallest absolute Gasteiger partial charge is 0.409 e. The maximum absolute atomic E-state index is 12.3. The number of ether oxygens (including phenoxy) is 2. The summed E-state index contributed by atoms with van der Waals surface area (Å²) in [5.41, 5.74) is 8.22. The van der Waals surface area contributed by atoms with Crippen LogP contribution < -0.4 is 10.5 Å². The van der Waals surface area contributed by atoms with Gasteiger partial charge in [-0.2, -0.15) is 0 Å². The summed E-state index contributed by atoms with van der Waals surface area (Å²) in [7, 11) is -1.17. The van der Waals surface area contributed by atoms with E-state index >= 15 is 0 Å². The first-order valence-electron chi connectivity index (χ1n) is 9.21. The van der Waals surface area contributed by atoms with Crippen LogP contribution >= 0.6 is 0 Å². The first-order valence-corrected chi connectivity index (χ1v) is 12.9. The molecule has 0 atom stereocenters. The van der Waals surface area contributed by atoms with Crippen molar-refractivity contribution in [3.05, 3.63) is 29.3 Å². The standard InChI is InChI=1S/C19H30N2O3Si/c1-25(2,3)11-10-23-18(22)21-8-6-19(7-9-21)14-24-17-5-4-15(13-20)12-16(17)19/h4-5,12H,6-11,13-14,20H2,1-3H3. The van der Waals surface area contributed by atoms with Gasteiger partial charge < -0.3 is 20.1 Å². The van der Waals surface area contributed by atoms with Crippen LogP contribution in [0.25, 0.3) is 0 Å². The van der Waals surface area contributed by atoms with Gasteiger partial charge in [0.25, 0.3) is 0 Å². The molecule has 0 radical (unpaired) electrons. The lowest BCUT2D eigenvalue weighted by atomic mass is 9.74. The first-order chi connectivity index (χ1) is 11.8. The molecule has 1 saturated heterocycles. The maximum atomic E-state index is 12.3. The predicted molar refractivity (Wildman–Crippen MR) is 102 cm³/mol. The third kappa shape index (κ3) is 4.01. The second-order valence-electron chi connectivity index (χ2n) is 8.52. The van der Waals surface area contributed by atoms with E-state index in [1.807, 2.05) is 17.0 Å². The van der Waals surface area contributed by atoms with Gasteiger partial charge in [0, 0.05) is 38.7 Å². The van der Waals surface area contributed by atoms with Crippen LogP contribution in [-0.2, 0) is 16.7 Å². The van der Waals surface area contributed by atoms with Gasteiger partial charge in [0.05, 0.1) is 13.2 Å². The molecular formula is C19H30N2O3Si. The minimum Gasteiger partial charge on any atom is -0.492 e. The molecule has 138 valence electrons. The second-order valence-corrected chi connectivity index (χ2v) is 14.1. The quantitative estimate of drug-likeness (QED) is 0.834. The lowest BCUT2D eigenvalue weighted by molar-refractivity contribution is 0.0813. The highest BCUT2D eigenvalue weighted by molar-refractivity contribution is 6.76. The Bertz CT molecular complexity index is 634. The van der Waals surface area contributed by atoms with Crippen molar-refractivity contribution in [2.75, 3.05) is 26.3 Å². The van der Waals surface area contributed by atoms with E-state index in [9.17, 15) is 4.79 Å². The Balaban J connectivity index is 1.59. The Morgan fingerprint density at radius 3 is 2.68 bits per heavy atom. The van der Waals surface area contributed by atoms with Crippen LogP contribution in [0.15, 0.2) is 18.2 Å². The van der Waals surface area contributed by atoms with Crippen LogP contribution in [-0.4, -0.2) is 45.4 Å². The number of amides is 1. The van der Waals surface area contributed by atoms with Crippen molar-refractivity contribution in [3.8, 4) is 5.75 Å². The minimum absolute atomic E-state index is 0.0234. The van der Waals surface area contributed by atoms with Gasteiger partial charge >= 0.3 is 6.09 Å². The molecule has 2 N–H and O–H groups in total. The minimum atomic E-state index is -1.17. The van der Waals surface area contributed by atoms with Crippen LogP contribution in [0.2, 0.25) is 25.7 Å². The molecule has 0 aromatic heterocycles. The third-order valence-corrected chi connectivity index (χ3v) is 7.12. The number of hydrogen-bond donors (Lipinski definition) is 1. The van der Waals surface area contributed by atoms with E-state index in [4.69, 9.17) is 15.2 Å². The SMILES string of the molecule is C[Si](C)(C)CCOC(=O)N1CCC2(CC1)COc1ccc(CN)cc12. The Morgan fingerprint density at radius 1 is 1.32 bits per heavy atom. The molecule has 2 aliphatic heterocycles. The average Bonchev–Trinajstić information content (AvgIpc) is 2.92. The Morgan fingerprint density at radius 2 is 2.04 bits per heavy atom. The van der Waals surface area contributed by atoms with E-state index in [-0.39, 0.29) is 11.5 Å². The molecule has 1 spiro atoms. The fourth-order valence-electron chi connectivity index (χ4n) is 3.60. The number of carbonyl (C=O) groups is 1. The highest BCUT2D eigenvalue weighted by atomic mass is 28.3. The number of nitrogens with zero attached hydrogens (tertiary/aromatic N) is 1. The van der Waals surface area contributed by atoms with Crippen LogP contribution in [0, 0.1) is 0 Å². The number of carbonyl (C=O) groups excluding carboxylic acids is 1. The molecule has 0 bridgehead atoms. The van der Waals surface area contributed by atoms with Crippen molar-refractivity contribution in [1.82, 2.24) is 4.90 Å². The normalized spacial score (nSPS) is 18.8. The molecule has 0 unspecified atom stereocenters. The highest BCUT2D eigenvalue weighted by Gasteiger charge is 2.44. The Hall–Kier alpha value is -1.53. The van der Waals surface area contributed by atoms with E-state index in [0.29, 0.717) is 19.8 Å². The molecule has 0 saturated carbocycles. The molecule has 6 heteroatoms. The van der Waals surface area contributed by atoms with Gasteiger partial charge in [-0.05, 0) is 30.5 Å². The monoisotopic (exact) mass is 362 g/mol. The van der Waals surface area contributed by atoms with Crippen LogP contribution in [0.1, 0.15) is 24.0 Å². The van der Waals surface area contributed by atoms with E-state index in [1.54, 1.807) is 0 Å². The van der Waals surface area contributed by atoms with Gasteiger partial charge in [-0.15, -0.1) is 0 Å². The van der Waals surface area contributed by atoms with Crippen LogP contribution in [0.4, 0.5) is 4.79 Å². The molecule has 3 rings (SSSR count). The zero-order valence-electron chi connectivity index (χ0n) is 15.6. The molecule has 1 fully saturated rings. The van der Waals surface area contributed by atoms with Crippen molar-refractivity contribution in [1.29, 1.82) is 0 Å². The number of piperidine rings is 1. The summed E-state index contributed by atoms with van der Waals surface area (Å²) in [6.07, 6.45) is 1.66. The molecule has 25 heavy (non-hydrogen) atoms. The zero-order valence-corrected chi connectivity index (χ0v) is 16.6. The van der Waals surface area contributed by atoms with Crippen LogP contribution in [0.5, 0.6) is 5.75 Å². The van der Waals surface area contributed by atoms with Gasteiger partial charge in [-0.25, -0.2) is 4.79 Å².